The first-order chi connectivity index (χ1) is 11.5. The minimum Gasteiger partial charge on any atom is -0.363 e. The molecule has 0 radical (unpaired) electrons. The second-order valence-electron chi connectivity index (χ2n) is 5.84. The minimum absolute atomic E-state index is 0.0397. The molecule has 0 atom stereocenters. The van der Waals surface area contributed by atoms with Crippen LogP contribution in [-0.4, -0.2) is 28.4 Å². The number of aryl methyl sites for hydroxylation is 2. The van der Waals surface area contributed by atoms with Crippen molar-refractivity contribution in [3.63, 3.8) is 0 Å². The highest BCUT2D eigenvalue weighted by Gasteiger charge is 2.34. The number of aromatic amines is 1. The lowest BCUT2D eigenvalue weighted by atomic mass is 10.1. The number of pyridine rings is 1. The number of aromatic nitrogens is 1. The van der Waals surface area contributed by atoms with E-state index in [9.17, 15) is 14.4 Å². The van der Waals surface area contributed by atoms with Crippen molar-refractivity contribution in [3.05, 3.63) is 63.1 Å². The van der Waals surface area contributed by atoms with Gasteiger partial charge in [0.1, 0.15) is 5.69 Å². The number of nitrogens with zero attached hydrogens (tertiary/aromatic N) is 1. The maximum Gasteiger partial charge on any atom is 0.271 e. The molecule has 1 aliphatic heterocycles. The molecule has 2 aromatic rings. The van der Waals surface area contributed by atoms with Crippen LogP contribution in [0.4, 0.5) is 5.69 Å². The second-order valence-corrected chi connectivity index (χ2v) is 5.84. The molecular formula is C18H19N3O3. The van der Waals surface area contributed by atoms with Crippen LogP contribution in [0.3, 0.4) is 0 Å². The van der Waals surface area contributed by atoms with Gasteiger partial charge in [-0.15, -0.1) is 0 Å². The first-order valence-corrected chi connectivity index (χ1v) is 7.94. The summed E-state index contributed by atoms with van der Waals surface area (Å²) in [4.78, 5) is 40.7. The number of carbonyl (C=O) groups excluding carboxylic acids is 2. The molecule has 6 nitrogen and oxygen atoms in total. The van der Waals surface area contributed by atoms with Crippen molar-refractivity contribution >= 4 is 17.5 Å². The first kappa shape index (κ1) is 16.0. The zero-order chi connectivity index (χ0) is 17.3. The lowest BCUT2D eigenvalue weighted by Gasteiger charge is -2.16. The van der Waals surface area contributed by atoms with Crippen molar-refractivity contribution in [1.29, 1.82) is 0 Å². The Kier molecular flexibility index (Phi) is 4.20. The maximum absolute atomic E-state index is 12.3. The predicted octanol–water partition coefficient (Wildman–Crippen LogP) is 2.30. The quantitative estimate of drug-likeness (QED) is 0.827. The van der Waals surface area contributed by atoms with Crippen LogP contribution >= 0.6 is 0 Å². The molecule has 2 N–H and O–H groups in total. The summed E-state index contributed by atoms with van der Waals surface area (Å²) >= 11 is 0. The Hall–Kier alpha value is -2.89. The predicted molar refractivity (Wildman–Crippen MR) is 91.2 cm³/mol. The smallest absolute Gasteiger partial charge is 0.271 e. The SMILES string of the molecule is CCCc1[nH]c(=O)c(NCN2C(=O)c3ccccc3C2=O)cc1C. The molecule has 3 rings (SSSR count). The van der Waals surface area contributed by atoms with E-state index in [1.807, 2.05) is 13.8 Å². The van der Waals surface area contributed by atoms with Crippen LogP contribution in [0.15, 0.2) is 35.1 Å². The summed E-state index contributed by atoms with van der Waals surface area (Å²) in [5.41, 5.74) is 2.78. The summed E-state index contributed by atoms with van der Waals surface area (Å²) in [6, 6.07) is 8.46. The van der Waals surface area contributed by atoms with Crippen molar-refractivity contribution in [2.75, 3.05) is 12.0 Å². The topological polar surface area (TPSA) is 82.3 Å². The molecule has 1 aliphatic rings. The van der Waals surface area contributed by atoms with Crippen LogP contribution in [0.5, 0.6) is 0 Å². The van der Waals surface area contributed by atoms with Gasteiger partial charge in [0.2, 0.25) is 0 Å². The Labute approximate surface area is 139 Å². The molecule has 1 aromatic carbocycles. The molecule has 6 heteroatoms. The molecule has 1 aromatic heterocycles. The van der Waals surface area contributed by atoms with Gasteiger partial charge in [-0.25, -0.2) is 0 Å². The van der Waals surface area contributed by atoms with Crippen molar-refractivity contribution in [1.82, 2.24) is 9.88 Å². The number of hydrogen-bond acceptors (Lipinski definition) is 4. The Balaban J connectivity index is 1.78. The second kappa shape index (κ2) is 6.31. The summed E-state index contributed by atoms with van der Waals surface area (Å²) in [6.07, 6.45) is 1.75. The van der Waals surface area contributed by atoms with E-state index in [2.05, 4.69) is 10.3 Å². The Morgan fingerprint density at radius 1 is 1.08 bits per heavy atom. The van der Waals surface area contributed by atoms with Crippen LogP contribution < -0.4 is 10.9 Å². The molecule has 0 bridgehead atoms. The average molecular weight is 325 g/mol. The van der Waals surface area contributed by atoms with E-state index in [0.717, 1.165) is 29.0 Å². The summed E-state index contributed by atoms with van der Waals surface area (Å²) in [5, 5.41) is 2.90. The Morgan fingerprint density at radius 3 is 2.29 bits per heavy atom. The number of imide groups is 1. The monoisotopic (exact) mass is 325 g/mol. The third kappa shape index (κ3) is 2.71. The van der Waals surface area contributed by atoms with Gasteiger partial charge in [0.15, 0.2) is 0 Å². The molecule has 24 heavy (non-hydrogen) atoms. The van der Waals surface area contributed by atoms with Gasteiger partial charge in [-0.2, -0.15) is 0 Å². The van der Waals surface area contributed by atoms with Gasteiger partial charge in [-0.1, -0.05) is 25.5 Å². The summed E-state index contributed by atoms with van der Waals surface area (Å²) in [6.45, 7) is 3.93. The lowest BCUT2D eigenvalue weighted by Crippen LogP contribution is -2.35. The van der Waals surface area contributed by atoms with E-state index in [-0.39, 0.29) is 24.0 Å². The highest BCUT2D eigenvalue weighted by molar-refractivity contribution is 6.21. The molecule has 0 saturated carbocycles. The van der Waals surface area contributed by atoms with Gasteiger partial charge in [0.25, 0.3) is 17.4 Å². The average Bonchev–Trinajstić information content (AvgIpc) is 2.81. The number of amides is 2. The largest absolute Gasteiger partial charge is 0.363 e. The van der Waals surface area contributed by atoms with Gasteiger partial charge in [-0.3, -0.25) is 19.3 Å². The summed E-state index contributed by atoms with van der Waals surface area (Å²) < 4.78 is 0. The molecule has 0 spiro atoms. The number of hydrogen-bond donors (Lipinski definition) is 2. The fraction of sp³-hybridized carbons (Fsp3) is 0.278. The Morgan fingerprint density at radius 2 is 1.71 bits per heavy atom. The van der Waals surface area contributed by atoms with E-state index < -0.39 is 0 Å². The highest BCUT2D eigenvalue weighted by atomic mass is 16.2. The van der Waals surface area contributed by atoms with E-state index in [0.29, 0.717) is 16.8 Å². The zero-order valence-corrected chi connectivity index (χ0v) is 13.7. The molecule has 2 heterocycles. The fourth-order valence-corrected chi connectivity index (χ4v) is 2.86. The van der Waals surface area contributed by atoms with Crippen LogP contribution in [-0.2, 0) is 6.42 Å². The third-order valence-corrected chi connectivity index (χ3v) is 4.15. The number of anilines is 1. The molecule has 2 amide bonds. The van der Waals surface area contributed by atoms with Gasteiger partial charge in [0, 0.05) is 5.69 Å². The van der Waals surface area contributed by atoms with Crippen LogP contribution in [0.1, 0.15) is 45.3 Å². The Bertz CT molecular complexity index is 835. The normalized spacial score (nSPS) is 13.3. The minimum atomic E-state index is -0.348. The van der Waals surface area contributed by atoms with Crippen molar-refractivity contribution in [2.45, 2.75) is 26.7 Å². The molecule has 0 fully saturated rings. The number of fused-ring (bicyclic) bond motifs is 1. The van der Waals surface area contributed by atoms with Crippen molar-refractivity contribution < 1.29 is 9.59 Å². The van der Waals surface area contributed by atoms with Crippen LogP contribution in [0.25, 0.3) is 0 Å². The van der Waals surface area contributed by atoms with Crippen LogP contribution in [0, 0.1) is 6.92 Å². The van der Waals surface area contributed by atoms with Crippen LogP contribution in [0.2, 0.25) is 0 Å². The van der Waals surface area contributed by atoms with E-state index in [4.69, 9.17) is 0 Å². The number of nitrogens with one attached hydrogen (secondary N) is 2. The number of rotatable bonds is 5. The summed E-state index contributed by atoms with van der Waals surface area (Å²) in [5.74, 6) is -0.697. The maximum atomic E-state index is 12.3. The van der Waals surface area contributed by atoms with E-state index in [1.165, 1.54) is 0 Å². The highest BCUT2D eigenvalue weighted by Crippen LogP contribution is 2.22. The number of benzene rings is 1. The van der Waals surface area contributed by atoms with Gasteiger partial charge in [0.05, 0.1) is 17.8 Å². The first-order valence-electron chi connectivity index (χ1n) is 7.94. The number of H-pyrrole nitrogens is 1. The lowest BCUT2D eigenvalue weighted by molar-refractivity contribution is 0.0665. The van der Waals surface area contributed by atoms with E-state index >= 15 is 0 Å². The van der Waals surface area contributed by atoms with Gasteiger partial charge in [-0.05, 0) is 37.1 Å². The molecule has 0 saturated heterocycles. The van der Waals surface area contributed by atoms with E-state index in [1.54, 1.807) is 30.3 Å². The molecule has 0 aliphatic carbocycles. The van der Waals surface area contributed by atoms with Gasteiger partial charge < -0.3 is 10.3 Å². The number of carbonyl (C=O) groups is 2. The summed E-state index contributed by atoms with van der Waals surface area (Å²) in [7, 11) is 0. The van der Waals surface area contributed by atoms with Crippen molar-refractivity contribution in [2.24, 2.45) is 0 Å². The fourth-order valence-electron chi connectivity index (χ4n) is 2.86. The molecule has 124 valence electrons. The molecular weight excluding hydrogens is 306 g/mol. The molecule has 0 unspecified atom stereocenters. The third-order valence-electron chi connectivity index (χ3n) is 4.15. The zero-order valence-electron chi connectivity index (χ0n) is 13.7. The standard InChI is InChI=1S/C18H19N3O3/c1-3-6-14-11(2)9-15(16(22)20-14)19-10-21-17(23)12-7-4-5-8-13(12)18(21)24/h4-5,7-9,19H,3,6,10H2,1-2H3,(H,20,22). The van der Waals surface area contributed by atoms with Gasteiger partial charge >= 0.3 is 0 Å². The van der Waals surface area contributed by atoms with Crippen molar-refractivity contribution in [3.8, 4) is 0 Å².